The highest BCUT2D eigenvalue weighted by atomic mass is 16.5. The molecule has 0 aliphatic carbocycles. The number of likely N-dealkylation sites (N-methyl/N-ethyl adjacent to an activating group) is 1. The maximum atomic E-state index is 12.7. The normalized spacial score (nSPS) is 16.6. The van der Waals surface area contributed by atoms with E-state index in [9.17, 15) is 14.4 Å². The molecule has 7 heteroatoms. The predicted molar refractivity (Wildman–Crippen MR) is 112 cm³/mol. The SMILES string of the molecule is CCC(C)C(C(CC=O)OC)N(C)C(=O)CNC(=O)NC(CC)C(C)C(C)C. The first-order valence-corrected chi connectivity index (χ1v) is 10.4. The maximum absolute atomic E-state index is 12.7. The van der Waals surface area contributed by atoms with E-state index >= 15 is 0 Å². The summed E-state index contributed by atoms with van der Waals surface area (Å²) in [6, 6.07) is -0.509. The molecule has 0 rings (SSSR count). The number of nitrogens with one attached hydrogen (secondary N) is 2. The minimum atomic E-state index is -0.369. The molecule has 5 atom stereocenters. The Labute approximate surface area is 170 Å². The van der Waals surface area contributed by atoms with Crippen LogP contribution in [0.1, 0.15) is 60.8 Å². The Bertz CT molecular complexity index is 484. The van der Waals surface area contributed by atoms with Crippen LogP contribution in [0.25, 0.3) is 0 Å². The first-order chi connectivity index (χ1) is 13.1. The van der Waals surface area contributed by atoms with Gasteiger partial charge in [-0.25, -0.2) is 4.79 Å². The largest absolute Gasteiger partial charge is 0.379 e. The molecule has 0 aliphatic rings. The van der Waals surface area contributed by atoms with Gasteiger partial charge in [0.25, 0.3) is 0 Å². The smallest absolute Gasteiger partial charge is 0.315 e. The lowest BCUT2D eigenvalue weighted by atomic mass is 9.89. The fourth-order valence-corrected chi connectivity index (χ4v) is 3.45. The average molecular weight is 400 g/mol. The third kappa shape index (κ3) is 8.17. The van der Waals surface area contributed by atoms with Crippen LogP contribution in [0.3, 0.4) is 0 Å². The van der Waals surface area contributed by atoms with Crippen LogP contribution in [0.15, 0.2) is 0 Å². The average Bonchev–Trinajstić information content (AvgIpc) is 2.68. The van der Waals surface area contributed by atoms with Crippen molar-refractivity contribution in [3.63, 3.8) is 0 Å². The predicted octanol–water partition coefficient (Wildman–Crippen LogP) is 2.83. The summed E-state index contributed by atoms with van der Waals surface area (Å²) in [5.41, 5.74) is 0. The number of hydrogen-bond donors (Lipinski definition) is 2. The minimum absolute atomic E-state index is 0.0613. The van der Waals surface area contributed by atoms with E-state index in [1.165, 1.54) is 0 Å². The molecule has 0 heterocycles. The van der Waals surface area contributed by atoms with Gasteiger partial charge >= 0.3 is 6.03 Å². The van der Waals surface area contributed by atoms with E-state index < -0.39 is 0 Å². The van der Waals surface area contributed by atoms with Crippen LogP contribution in [-0.4, -0.2) is 62.0 Å². The molecular formula is C21H41N3O4. The van der Waals surface area contributed by atoms with Gasteiger partial charge in [-0.1, -0.05) is 48.0 Å². The van der Waals surface area contributed by atoms with Crippen molar-refractivity contribution >= 4 is 18.2 Å². The fraction of sp³-hybridized carbons (Fsp3) is 0.857. The lowest BCUT2D eigenvalue weighted by Crippen LogP contribution is -2.53. The first-order valence-electron chi connectivity index (χ1n) is 10.4. The van der Waals surface area contributed by atoms with Gasteiger partial charge in [-0.2, -0.15) is 0 Å². The number of hydrogen-bond acceptors (Lipinski definition) is 4. The topological polar surface area (TPSA) is 87.7 Å². The number of carbonyl (C=O) groups is 3. The second kappa shape index (κ2) is 13.5. The summed E-state index contributed by atoms with van der Waals surface area (Å²) in [5.74, 6) is 0.746. The van der Waals surface area contributed by atoms with Crippen molar-refractivity contribution in [2.24, 2.45) is 17.8 Å². The van der Waals surface area contributed by atoms with Crippen molar-refractivity contribution in [2.75, 3.05) is 20.7 Å². The molecule has 5 unspecified atom stereocenters. The highest BCUT2D eigenvalue weighted by molar-refractivity contribution is 5.84. The van der Waals surface area contributed by atoms with Gasteiger partial charge in [0.2, 0.25) is 5.91 Å². The summed E-state index contributed by atoms with van der Waals surface area (Å²) >= 11 is 0. The molecule has 0 spiro atoms. The van der Waals surface area contributed by atoms with Gasteiger partial charge in [0.1, 0.15) is 6.29 Å². The molecule has 28 heavy (non-hydrogen) atoms. The second-order valence-electron chi connectivity index (χ2n) is 8.00. The molecule has 3 amide bonds. The van der Waals surface area contributed by atoms with Crippen molar-refractivity contribution in [3.8, 4) is 0 Å². The third-order valence-corrected chi connectivity index (χ3v) is 5.92. The summed E-state index contributed by atoms with van der Waals surface area (Å²) < 4.78 is 5.46. The Hall–Kier alpha value is -1.63. The van der Waals surface area contributed by atoms with Crippen LogP contribution in [0.4, 0.5) is 4.79 Å². The molecule has 0 saturated heterocycles. The summed E-state index contributed by atoms with van der Waals surface area (Å²) in [7, 11) is 3.25. The van der Waals surface area contributed by atoms with E-state index in [0.29, 0.717) is 11.8 Å². The Morgan fingerprint density at radius 1 is 1.11 bits per heavy atom. The number of rotatable bonds is 13. The number of nitrogens with zero attached hydrogens (tertiary/aromatic N) is 1. The second-order valence-corrected chi connectivity index (χ2v) is 8.00. The molecular weight excluding hydrogens is 358 g/mol. The molecule has 0 aromatic heterocycles. The Kier molecular flexibility index (Phi) is 12.7. The lowest BCUT2D eigenvalue weighted by molar-refractivity contribution is -0.136. The van der Waals surface area contributed by atoms with E-state index in [-0.39, 0.29) is 49.0 Å². The van der Waals surface area contributed by atoms with Crippen LogP contribution in [0.2, 0.25) is 0 Å². The minimum Gasteiger partial charge on any atom is -0.379 e. The van der Waals surface area contributed by atoms with Crippen LogP contribution >= 0.6 is 0 Å². The number of aldehydes is 1. The quantitative estimate of drug-likeness (QED) is 0.466. The van der Waals surface area contributed by atoms with E-state index in [1.54, 1.807) is 19.1 Å². The highest BCUT2D eigenvalue weighted by Gasteiger charge is 2.32. The molecule has 164 valence electrons. The molecule has 0 bridgehead atoms. The summed E-state index contributed by atoms with van der Waals surface area (Å²) in [6.45, 7) is 12.4. The monoisotopic (exact) mass is 399 g/mol. The number of urea groups is 1. The van der Waals surface area contributed by atoms with Gasteiger partial charge in [-0.3, -0.25) is 4.79 Å². The number of ether oxygens (including phenoxy) is 1. The molecule has 0 aliphatic heterocycles. The van der Waals surface area contributed by atoms with Crippen molar-refractivity contribution in [1.29, 1.82) is 0 Å². The lowest BCUT2D eigenvalue weighted by Gasteiger charge is -2.37. The summed E-state index contributed by atoms with van der Waals surface area (Å²) in [5, 5.41) is 5.64. The Morgan fingerprint density at radius 2 is 1.71 bits per heavy atom. The highest BCUT2D eigenvalue weighted by Crippen LogP contribution is 2.21. The van der Waals surface area contributed by atoms with Crippen molar-refractivity contribution in [2.45, 2.75) is 79.0 Å². The van der Waals surface area contributed by atoms with Gasteiger partial charge in [0.05, 0.1) is 18.7 Å². The Morgan fingerprint density at radius 3 is 2.14 bits per heavy atom. The molecule has 7 nitrogen and oxygen atoms in total. The Balaban J connectivity index is 4.92. The molecule has 0 aromatic rings. The third-order valence-electron chi connectivity index (χ3n) is 5.92. The van der Waals surface area contributed by atoms with Crippen molar-refractivity contribution in [1.82, 2.24) is 15.5 Å². The zero-order valence-corrected chi connectivity index (χ0v) is 19.0. The zero-order chi connectivity index (χ0) is 21.9. The van der Waals surface area contributed by atoms with Crippen LogP contribution < -0.4 is 10.6 Å². The standard InChI is InChI=1S/C21H41N3O4/c1-9-15(5)20(18(28-8)11-12-25)24(7)19(26)13-22-21(27)23-17(10-2)16(6)14(3)4/h12,14-18,20H,9-11,13H2,1-8H3,(H2,22,23,27). The maximum Gasteiger partial charge on any atom is 0.315 e. The first kappa shape index (κ1) is 26.4. The molecule has 2 N–H and O–H groups in total. The molecule has 0 fully saturated rings. The van der Waals surface area contributed by atoms with Crippen LogP contribution in [0, 0.1) is 17.8 Å². The van der Waals surface area contributed by atoms with Crippen molar-refractivity contribution in [3.05, 3.63) is 0 Å². The fourth-order valence-electron chi connectivity index (χ4n) is 3.45. The van der Waals surface area contributed by atoms with Crippen LogP contribution in [-0.2, 0) is 14.3 Å². The van der Waals surface area contributed by atoms with E-state index in [2.05, 4.69) is 31.4 Å². The zero-order valence-electron chi connectivity index (χ0n) is 19.0. The van der Waals surface area contributed by atoms with E-state index in [0.717, 1.165) is 19.1 Å². The van der Waals surface area contributed by atoms with Gasteiger partial charge in [-0.05, 0) is 24.2 Å². The number of carbonyl (C=O) groups excluding carboxylic acids is 3. The van der Waals surface area contributed by atoms with Gasteiger partial charge in [-0.15, -0.1) is 0 Å². The van der Waals surface area contributed by atoms with Crippen molar-refractivity contribution < 1.29 is 19.1 Å². The summed E-state index contributed by atoms with van der Waals surface area (Å²) in [4.78, 5) is 37.5. The number of methoxy groups -OCH3 is 1. The molecule has 0 saturated carbocycles. The molecule has 0 aromatic carbocycles. The van der Waals surface area contributed by atoms with E-state index in [1.807, 2.05) is 20.8 Å². The van der Waals surface area contributed by atoms with Crippen LogP contribution in [0.5, 0.6) is 0 Å². The summed E-state index contributed by atoms with van der Waals surface area (Å²) in [6.07, 6.45) is 2.35. The van der Waals surface area contributed by atoms with Gasteiger partial charge in [0.15, 0.2) is 0 Å². The number of amides is 3. The van der Waals surface area contributed by atoms with Gasteiger partial charge in [0, 0.05) is 26.6 Å². The van der Waals surface area contributed by atoms with E-state index in [4.69, 9.17) is 4.74 Å². The molecule has 0 radical (unpaired) electrons. The van der Waals surface area contributed by atoms with Gasteiger partial charge < -0.3 is 25.1 Å².